The van der Waals surface area contributed by atoms with E-state index in [9.17, 15) is 0 Å². The maximum Gasteiger partial charge on any atom is 0.139 e. The summed E-state index contributed by atoms with van der Waals surface area (Å²) in [7, 11) is 0. The molecular formula is C53H47NO2. The molecule has 10 rings (SSSR count). The van der Waals surface area contributed by atoms with Gasteiger partial charge in [0.25, 0.3) is 0 Å². The minimum atomic E-state index is -0.151. The molecule has 0 amide bonds. The smallest absolute Gasteiger partial charge is 0.139 e. The molecule has 7 aromatic carbocycles. The van der Waals surface area contributed by atoms with Crippen LogP contribution in [0.2, 0.25) is 0 Å². The van der Waals surface area contributed by atoms with Crippen molar-refractivity contribution in [2.75, 3.05) is 4.90 Å². The third-order valence-electron chi connectivity index (χ3n) is 12.1. The van der Waals surface area contributed by atoms with Crippen LogP contribution in [0.5, 0.6) is 0 Å². The summed E-state index contributed by atoms with van der Waals surface area (Å²) in [5.74, 6) is 0. The molecule has 0 N–H and O–H groups in total. The maximum absolute atomic E-state index is 6.94. The van der Waals surface area contributed by atoms with Gasteiger partial charge in [-0.2, -0.15) is 0 Å². The topological polar surface area (TPSA) is 29.5 Å². The second-order valence-electron chi connectivity index (χ2n) is 18.2. The van der Waals surface area contributed by atoms with Crippen molar-refractivity contribution in [2.45, 2.75) is 71.6 Å². The van der Waals surface area contributed by atoms with Crippen LogP contribution in [-0.2, 0) is 16.2 Å². The van der Waals surface area contributed by atoms with Gasteiger partial charge >= 0.3 is 0 Å². The number of furan rings is 2. The van der Waals surface area contributed by atoms with Gasteiger partial charge in [-0.1, -0.05) is 146 Å². The quantitative estimate of drug-likeness (QED) is 0.181. The zero-order chi connectivity index (χ0) is 38.7. The van der Waals surface area contributed by atoms with Crippen molar-refractivity contribution in [1.29, 1.82) is 0 Å². The Morgan fingerprint density at radius 3 is 1.93 bits per heavy atom. The molecule has 0 unspecified atom stereocenters. The number of anilines is 3. The average Bonchev–Trinajstić information content (AvgIpc) is 3.82. The van der Waals surface area contributed by atoms with E-state index in [-0.39, 0.29) is 16.2 Å². The highest BCUT2D eigenvalue weighted by Crippen LogP contribution is 2.55. The summed E-state index contributed by atoms with van der Waals surface area (Å²) in [5.41, 5.74) is 16.6. The molecule has 1 aliphatic carbocycles. The van der Waals surface area contributed by atoms with E-state index in [0.717, 1.165) is 60.9 Å². The van der Waals surface area contributed by atoms with Crippen molar-refractivity contribution in [2.24, 2.45) is 0 Å². The van der Waals surface area contributed by atoms with Crippen LogP contribution in [0.3, 0.4) is 0 Å². The van der Waals surface area contributed by atoms with Crippen LogP contribution < -0.4 is 4.90 Å². The summed E-state index contributed by atoms with van der Waals surface area (Å²) in [6, 6.07) is 50.7. The summed E-state index contributed by atoms with van der Waals surface area (Å²) < 4.78 is 13.7. The van der Waals surface area contributed by atoms with Gasteiger partial charge in [0.15, 0.2) is 0 Å². The molecule has 56 heavy (non-hydrogen) atoms. The molecule has 0 bridgehead atoms. The fourth-order valence-corrected chi connectivity index (χ4v) is 9.23. The Labute approximate surface area is 329 Å². The largest absolute Gasteiger partial charge is 0.456 e. The normalized spacial score (nSPS) is 13.9. The van der Waals surface area contributed by atoms with Crippen molar-refractivity contribution in [3.05, 3.63) is 162 Å². The highest BCUT2D eigenvalue weighted by atomic mass is 16.3. The third-order valence-corrected chi connectivity index (χ3v) is 12.1. The van der Waals surface area contributed by atoms with Crippen LogP contribution in [0.15, 0.2) is 148 Å². The van der Waals surface area contributed by atoms with Crippen LogP contribution in [0.4, 0.5) is 17.1 Å². The minimum absolute atomic E-state index is 0.0487. The van der Waals surface area contributed by atoms with Crippen molar-refractivity contribution in [3.63, 3.8) is 0 Å². The molecule has 0 radical (unpaired) electrons. The van der Waals surface area contributed by atoms with E-state index in [4.69, 9.17) is 8.83 Å². The molecule has 0 spiro atoms. The second kappa shape index (κ2) is 12.0. The Kier molecular flexibility index (Phi) is 7.36. The Hall–Kier alpha value is -6.06. The van der Waals surface area contributed by atoms with E-state index in [0.29, 0.717) is 0 Å². The molecule has 0 fully saturated rings. The summed E-state index contributed by atoms with van der Waals surface area (Å²) in [6.07, 6.45) is 0. The summed E-state index contributed by atoms with van der Waals surface area (Å²) in [5, 5.41) is 4.49. The van der Waals surface area contributed by atoms with Gasteiger partial charge in [-0.3, -0.25) is 0 Å². The number of benzene rings is 7. The fourth-order valence-electron chi connectivity index (χ4n) is 9.23. The predicted molar refractivity (Wildman–Crippen MR) is 236 cm³/mol. The first-order valence-electron chi connectivity index (χ1n) is 19.9. The SMILES string of the molecule is CC(C)(C)c1cc(C(C)(C)C)c2oc3cccc(N(c4ccc5c(c4)oc4cccc(-c6ccccc6)c45)c4cccc5c4-c4ccccc4C5(C)C)c3c2c1. The second-order valence-corrected chi connectivity index (χ2v) is 18.2. The van der Waals surface area contributed by atoms with Gasteiger partial charge in [0.2, 0.25) is 0 Å². The lowest BCUT2D eigenvalue weighted by Crippen LogP contribution is -2.16. The zero-order valence-corrected chi connectivity index (χ0v) is 33.5. The van der Waals surface area contributed by atoms with E-state index in [2.05, 4.69) is 200 Å². The molecule has 3 heteroatoms. The average molecular weight is 730 g/mol. The molecule has 0 atom stereocenters. The monoisotopic (exact) mass is 729 g/mol. The van der Waals surface area contributed by atoms with Crippen molar-refractivity contribution >= 4 is 60.9 Å². The van der Waals surface area contributed by atoms with Crippen molar-refractivity contribution in [3.8, 4) is 22.3 Å². The molecular weight excluding hydrogens is 683 g/mol. The molecule has 0 saturated carbocycles. The Bertz CT molecular complexity index is 3020. The van der Waals surface area contributed by atoms with Crippen molar-refractivity contribution in [1.82, 2.24) is 0 Å². The molecule has 0 aliphatic heterocycles. The molecule has 2 heterocycles. The van der Waals surface area contributed by atoms with E-state index in [1.165, 1.54) is 44.5 Å². The number of rotatable bonds is 4. The molecule has 0 saturated heterocycles. The fraction of sp³-hybridized carbons (Fsp3) is 0.208. The van der Waals surface area contributed by atoms with Gasteiger partial charge in [-0.05, 0) is 86.7 Å². The van der Waals surface area contributed by atoms with E-state index < -0.39 is 0 Å². The van der Waals surface area contributed by atoms with Crippen LogP contribution in [0.25, 0.3) is 66.1 Å². The Balaban J connectivity index is 1.30. The molecule has 2 aromatic heterocycles. The Morgan fingerprint density at radius 1 is 0.500 bits per heavy atom. The van der Waals surface area contributed by atoms with Gasteiger partial charge in [0.05, 0.1) is 16.8 Å². The standard InChI is InChI=1S/C53H47NO2/c1-51(2,3)33-29-38-49-43(24-16-26-45(49)56-50(38)41(30-33)52(4,5)6)54(42-23-15-22-40-48(42)36-19-12-13-21-39(36)53(40,7)8)34-27-28-37-46(31-34)55-44-25-14-20-35(47(37)44)32-17-10-9-11-18-32/h9-31H,1-8H3. The maximum atomic E-state index is 6.94. The van der Waals surface area contributed by atoms with Crippen LogP contribution in [-0.4, -0.2) is 0 Å². The van der Waals surface area contributed by atoms with Gasteiger partial charge in [0, 0.05) is 44.5 Å². The number of hydrogen-bond acceptors (Lipinski definition) is 3. The summed E-state index contributed by atoms with van der Waals surface area (Å²) >= 11 is 0. The first-order chi connectivity index (χ1) is 26.8. The van der Waals surface area contributed by atoms with Crippen molar-refractivity contribution < 1.29 is 8.83 Å². The zero-order valence-electron chi connectivity index (χ0n) is 33.5. The first-order valence-corrected chi connectivity index (χ1v) is 19.9. The first kappa shape index (κ1) is 34.4. The summed E-state index contributed by atoms with van der Waals surface area (Å²) in [4.78, 5) is 2.46. The van der Waals surface area contributed by atoms with Gasteiger partial charge in [-0.15, -0.1) is 0 Å². The summed E-state index contributed by atoms with van der Waals surface area (Å²) in [6.45, 7) is 18.5. The molecule has 9 aromatic rings. The number of fused-ring (bicyclic) bond motifs is 9. The highest BCUT2D eigenvalue weighted by Gasteiger charge is 2.38. The molecule has 276 valence electrons. The molecule has 3 nitrogen and oxygen atoms in total. The van der Waals surface area contributed by atoms with Gasteiger partial charge in [-0.25, -0.2) is 0 Å². The lowest BCUT2D eigenvalue weighted by atomic mass is 9.79. The van der Waals surface area contributed by atoms with E-state index in [1.807, 2.05) is 0 Å². The molecule has 1 aliphatic rings. The van der Waals surface area contributed by atoms with E-state index >= 15 is 0 Å². The minimum Gasteiger partial charge on any atom is -0.456 e. The Morgan fingerprint density at radius 2 is 1.16 bits per heavy atom. The lowest BCUT2D eigenvalue weighted by Gasteiger charge is -2.29. The lowest BCUT2D eigenvalue weighted by molar-refractivity contribution is 0.559. The highest BCUT2D eigenvalue weighted by molar-refractivity contribution is 6.16. The third kappa shape index (κ3) is 5.10. The number of hydrogen-bond donors (Lipinski definition) is 0. The van der Waals surface area contributed by atoms with Crippen LogP contribution in [0.1, 0.15) is 77.6 Å². The van der Waals surface area contributed by atoms with Gasteiger partial charge in [0.1, 0.15) is 22.3 Å². The van der Waals surface area contributed by atoms with Crippen LogP contribution in [0, 0.1) is 0 Å². The van der Waals surface area contributed by atoms with Gasteiger partial charge < -0.3 is 13.7 Å². The van der Waals surface area contributed by atoms with Crippen LogP contribution >= 0.6 is 0 Å². The predicted octanol–water partition coefficient (Wildman–Crippen LogP) is 15.5. The van der Waals surface area contributed by atoms with E-state index in [1.54, 1.807) is 0 Å². The number of nitrogens with zero attached hydrogens (tertiary/aromatic N) is 1.